The second-order valence-corrected chi connectivity index (χ2v) is 14.7. The summed E-state index contributed by atoms with van der Waals surface area (Å²) in [5.74, 6) is -2.03. The molecule has 8 heteroatoms. The van der Waals surface area contributed by atoms with Crippen molar-refractivity contribution >= 4 is 29.2 Å². The molecule has 1 aromatic heterocycles. The van der Waals surface area contributed by atoms with Gasteiger partial charge in [0, 0.05) is 29.6 Å². The lowest BCUT2D eigenvalue weighted by atomic mass is 9.85. The fraction of sp³-hybridized carbons (Fsp3) is 0.385. The number of hydrogen-bond acceptors (Lipinski definition) is 7. The summed E-state index contributed by atoms with van der Waals surface area (Å²) in [5, 5.41) is 5.81. The first-order chi connectivity index (χ1) is 22.3. The molecule has 0 aliphatic rings. The van der Waals surface area contributed by atoms with Crippen LogP contribution in [0.25, 0.3) is 21.7 Å². The Balaban J connectivity index is 1.55. The van der Waals surface area contributed by atoms with E-state index in [9.17, 15) is 14.4 Å². The molecule has 0 bridgehead atoms. The Hall–Kier alpha value is -4.30. The maximum atomic E-state index is 13.8. The van der Waals surface area contributed by atoms with Gasteiger partial charge in [0.25, 0.3) is 0 Å². The number of benzene rings is 3. The molecule has 0 aliphatic heterocycles. The molecule has 1 N–H and O–H groups in total. The number of hydrogen-bond donors (Lipinski definition) is 1. The van der Waals surface area contributed by atoms with Crippen LogP contribution < -0.4 is 5.32 Å². The van der Waals surface area contributed by atoms with Gasteiger partial charge < -0.3 is 14.8 Å². The standard InChI is InChI=1S/C39H46N2O5S/c1-38(2,3)45-34(42)20-21-40-35(43)32(24-27-12-16-30(17-13-27)29-10-8-7-9-11-29)26-33(37(44)46-39(4,5)6)25-28-14-18-31(19-15-28)36-41-22-23-47-36/h7-19,22-23,32-33H,20-21,24-26H2,1-6H3,(H,40,43)/t32-,33-/m1/s1. The van der Waals surface area contributed by atoms with Crippen LogP contribution in [0.4, 0.5) is 0 Å². The molecule has 0 fully saturated rings. The first-order valence-corrected chi connectivity index (χ1v) is 17.0. The lowest BCUT2D eigenvalue weighted by Crippen LogP contribution is -2.38. The number of nitrogens with zero attached hydrogens (tertiary/aromatic N) is 1. The monoisotopic (exact) mass is 654 g/mol. The molecule has 1 heterocycles. The summed E-state index contributed by atoms with van der Waals surface area (Å²) in [6, 6.07) is 26.3. The van der Waals surface area contributed by atoms with Gasteiger partial charge in [-0.2, -0.15) is 0 Å². The zero-order valence-corrected chi connectivity index (χ0v) is 29.1. The number of rotatable bonds is 13. The van der Waals surface area contributed by atoms with Gasteiger partial charge in [0.05, 0.1) is 12.3 Å². The lowest BCUT2D eigenvalue weighted by Gasteiger charge is -2.27. The number of aromatic nitrogens is 1. The van der Waals surface area contributed by atoms with E-state index in [2.05, 4.69) is 34.6 Å². The number of amides is 1. The van der Waals surface area contributed by atoms with Crippen LogP contribution in [0.15, 0.2) is 90.4 Å². The Morgan fingerprint density at radius 3 is 1.83 bits per heavy atom. The molecule has 3 aromatic carbocycles. The minimum absolute atomic E-state index is 0.0580. The summed E-state index contributed by atoms with van der Waals surface area (Å²) in [6.07, 6.45) is 2.96. The molecule has 47 heavy (non-hydrogen) atoms. The second-order valence-electron chi connectivity index (χ2n) is 13.8. The molecule has 2 atom stereocenters. The van der Waals surface area contributed by atoms with Crippen molar-refractivity contribution in [1.82, 2.24) is 10.3 Å². The summed E-state index contributed by atoms with van der Waals surface area (Å²) in [4.78, 5) is 44.1. The highest BCUT2D eigenvalue weighted by molar-refractivity contribution is 7.13. The molecule has 4 rings (SSSR count). The summed E-state index contributed by atoms with van der Waals surface area (Å²) >= 11 is 1.57. The van der Waals surface area contributed by atoms with E-state index in [1.807, 2.05) is 102 Å². The molecule has 0 aliphatic carbocycles. The van der Waals surface area contributed by atoms with Crippen LogP contribution in [0.2, 0.25) is 0 Å². The fourth-order valence-electron chi connectivity index (χ4n) is 5.28. The van der Waals surface area contributed by atoms with Gasteiger partial charge in [0.1, 0.15) is 16.2 Å². The van der Waals surface area contributed by atoms with Crippen molar-refractivity contribution in [3.05, 3.63) is 102 Å². The van der Waals surface area contributed by atoms with E-state index in [4.69, 9.17) is 9.47 Å². The van der Waals surface area contributed by atoms with Crippen molar-refractivity contribution in [2.75, 3.05) is 6.54 Å². The molecule has 248 valence electrons. The van der Waals surface area contributed by atoms with Gasteiger partial charge in [-0.05, 0) is 83.1 Å². The number of carbonyl (C=O) groups is 3. The van der Waals surface area contributed by atoms with E-state index in [1.165, 1.54) is 0 Å². The zero-order valence-electron chi connectivity index (χ0n) is 28.2. The number of ether oxygens (including phenoxy) is 2. The molecule has 0 radical (unpaired) electrons. The van der Waals surface area contributed by atoms with Gasteiger partial charge in [0.15, 0.2) is 0 Å². The normalized spacial score (nSPS) is 13.0. The van der Waals surface area contributed by atoms with Gasteiger partial charge in [0.2, 0.25) is 5.91 Å². The van der Waals surface area contributed by atoms with Crippen LogP contribution in [-0.4, -0.2) is 40.6 Å². The van der Waals surface area contributed by atoms with Crippen molar-refractivity contribution in [3.8, 4) is 21.7 Å². The highest BCUT2D eigenvalue weighted by atomic mass is 32.1. The molecule has 4 aromatic rings. The van der Waals surface area contributed by atoms with Crippen molar-refractivity contribution in [2.45, 2.75) is 78.4 Å². The fourth-order valence-corrected chi connectivity index (χ4v) is 5.93. The summed E-state index contributed by atoms with van der Waals surface area (Å²) in [7, 11) is 0. The third kappa shape index (κ3) is 11.8. The van der Waals surface area contributed by atoms with Crippen LogP contribution in [0, 0.1) is 11.8 Å². The topological polar surface area (TPSA) is 94.6 Å². The second kappa shape index (κ2) is 16.0. The molecule has 0 unspecified atom stereocenters. The Kier molecular flexibility index (Phi) is 12.1. The maximum absolute atomic E-state index is 13.8. The third-order valence-electron chi connectivity index (χ3n) is 7.39. The summed E-state index contributed by atoms with van der Waals surface area (Å²) < 4.78 is 11.3. The first-order valence-electron chi connectivity index (χ1n) is 16.1. The smallest absolute Gasteiger partial charge is 0.309 e. The molecular weight excluding hydrogens is 609 g/mol. The Morgan fingerprint density at radius 2 is 1.28 bits per heavy atom. The van der Waals surface area contributed by atoms with E-state index in [-0.39, 0.29) is 37.2 Å². The average Bonchev–Trinajstić information content (AvgIpc) is 3.55. The van der Waals surface area contributed by atoms with E-state index in [0.717, 1.165) is 32.8 Å². The van der Waals surface area contributed by atoms with Crippen LogP contribution in [0.1, 0.15) is 65.5 Å². The van der Waals surface area contributed by atoms with Crippen molar-refractivity contribution < 1.29 is 23.9 Å². The summed E-state index contributed by atoms with van der Waals surface area (Å²) in [6.45, 7) is 11.1. The Morgan fingerprint density at radius 1 is 0.723 bits per heavy atom. The van der Waals surface area contributed by atoms with Gasteiger partial charge in [-0.15, -0.1) is 11.3 Å². The molecule has 0 spiro atoms. The third-order valence-corrected chi connectivity index (χ3v) is 8.21. The van der Waals surface area contributed by atoms with Crippen LogP contribution in [0.5, 0.6) is 0 Å². The van der Waals surface area contributed by atoms with E-state index in [1.54, 1.807) is 17.5 Å². The minimum atomic E-state index is -0.678. The number of thiazole rings is 1. The Bertz CT molecular complexity index is 1590. The molecular formula is C39H46N2O5S. The SMILES string of the molecule is CC(C)(C)OC(=O)CCNC(=O)[C@H](Cc1ccc(-c2ccccc2)cc1)C[C@@H](Cc1ccc(-c2nccs2)cc1)C(=O)OC(C)(C)C. The van der Waals surface area contributed by atoms with E-state index in [0.29, 0.717) is 12.8 Å². The maximum Gasteiger partial charge on any atom is 0.309 e. The zero-order chi connectivity index (χ0) is 34.0. The van der Waals surface area contributed by atoms with Crippen LogP contribution >= 0.6 is 11.3 Å². The highest BCUT2D eigenvalue weighted by Gasteiger charge is 2.31. The van der Waals surface area contributed by atoms with Gasteiger partial charge in [-0.3, -0.25) is 14.4 Å². The lowest BCUT2D eigenvalue weighted by molar-refractivity contribution is -0.160. The number of nitrogens with one attached hydrogen (secondary N) is 1. The largest absolute Gasteiger partial charge is 0.460 e. The quantitative estimate of drug-likeness (QED) is 0.147. The van der Waals surface area contributed by atoms with Crippen LogP contribution in [0.3, 0.4) is 0 Å². The van der Waals surface area contributed by atoms with Crippen molar-refractivity contribution in [3.63, 3.8) is 0 Å². The van der Waals surface area contributed by atoms with E-state index < -0.39 is 23.0 Å². The van der Waals surface area contributed by atoms with Crippen molar-refractivity contribution in [1.29, 1.82) is 0 Å². The van der Waals surface area contributed by atoms with Crippen LogP contribution in [-0.2, 0) is 36.7 Å². The first kappa shape index (κ1) is 35.6. The molecule has 7 nitrogen and oxygen atoms in total. The average molecular weight is 655 g/mol. The predicted octanol–water partition coefficient (Wildman–Crippen LogP) is 8.07. The van der Waals surface area contributed by atoms with E-state index >= 15 is 0 Å². The van der Waals surface area contributed by atoms with Crippen molar-refractivity contribution in [2.24, 2.45) is 11.8 Å². The molecule has 1 amide bonds. The molecule has 0 saturated carbocycles. The van der Waals surface area contributed by atoms with Gasteiger partial charge in [-0.1, -0.05) is 78.9 Å². The highest BCUT2D eigenvalue weighted by Crippen LogP contribution is 2.28. The van der Waals surface area contributed by atoms with Gasteiger partial charge in [-0.25, -0.2) is 4.98 Å². The Labute approximate surface area is 282 Å². The minimum Gasteiger partial charge on any atom is -0.460 e. The number of carbonyl (C=O) groups excluding carboxylic acids is 3. The van der Waals surface area contributed by atoms with Gasteiger partial charge >= 0.3 is 11.9 Å². The number of esters is 2. The summed E-state index contributed by atoms with van der Waals surface area (Å²) in [5.41, 5.74) is 3.88. The molecule has 0 saturated heterocycles. The predicted molar refractivity (Wildman–Crippen MR) is 188 cm³/mol.